The van der Waals surface area contributed by atoms with Crippen molar-refractivity contribution in [2.75, 3.05) is 27.3 Å². The topological polar surface area (TPSA) is 175 Å². The van der Waals surface area contributed by atoms with Crippen molar-refractivity contribution in [3.05, 3.63) is 84.7 Å². The van der Waals surface area contributed by atoms with Gasteiger partial charge in [0.05, 0.1) is 50.1 Å². The summed E-state index contributed by atoms with van der Waals surface area (Å²) in [6, 6.07) is 19.1. The number of ether oxygens (including phenoxy) is 2. The molecular formula is C44H52N8O6. The van der Waals surface area contributed by atoms with Crippen LogP contribution in [0.5, 0.6) is 0 Å². The molecule has 5 aromatic rings. The monoisotopic (exact) mass is 788 g/mol. The molecule has 4 amide bonds. The molecule has 0 spiro atoms. The number of aromatic nitrogens is 4. The zero-order valence-corrected chi connectivity index (χ0v) is 33.9. The Morgan fingerprint density at radius 1 is 0.672 bits per heavy atom. The van der Waals surface area contributed by atoms with E-state index in [2.05, 4.69) is 69.1 Å². The van der Waals surface area contributed by atoms with Gasteiger partial charge in [-0.25, -0.2) is 19.6 Å². The van der Waals surface area contributed by atoms with Gasteiger partial charge in [0, 0.05) is 24.2 Å². The molecule has 3 aromatic carbocycles. The average Bonchev–Trinajstić information content (AvgIpc) is 4.07. The number of H-pyrrole nitrogens is 2. The smallest absolute Gasteiger partial charge is 0.407 e. The van der Waals surface area contributed by atoms with E-state index >= 15 is 0 Å². The number of nitrogens with zero attached hydrogens (tertiary/aromatic N) is 4. The van der Waals surface area contributed by atoms with E-state index in [9.17, 15) is 19.2 Å². The number of imidazole rings is 2. The maximum atomic E-state index is 13.7. The fourth-order valence-corrected chi connectivity index (χ4v) is 8.25. The Bertz CT molecular complexity index is 2300. The molecule has 4 atom stereocenters. The minimum atomic E-state index is -0.699. The molecule has 0 saturated carbocycles. The van der Waals surface area contributed by atoms with Gasteiger partial charge in [-0.15, -0.1) is 0 Å². The van der Waals surface area contributed by atoms with Gasteiger partial charge >= 0.3 is 12.2 Å². The molecule has 2 fully saturated rings. The molecule has 0 aliphatic carbocycles. The van der Waals surface area contributed by atoms with Gasteiger partial charge in [-0.2, -0.15) is 0 Å². The highest BCUT2D eigenvalue weighted by atomic mass is 16.5. The number of amides is 4. The lowest BCUT2D eigenvalue weighted by Crippen LogP contribution is -2.51. The van der Waals surface area contributed by atoms with Crippen LogP contribution >= 0.6 is 0 Å². The lowest BCUT2D eigenvalue weighted by Gasteiger charge is -2.30. The minimum absolute atomic E-state index is 0.113. The molecule has 2 aromatic heterocycles. The molecule has 2 aliphatic heterocycles. The summed E-state index contributed by atoms with van der Waals surface area (Å²) in [7, 11) is 2.58. The van der Waals surface area contributed by atoms with Crippen LogP contribution in [0, 0.1) is 11.8 Å². The second kappa shape index (κ2) is 17.1. The first-order valence-corrected chi connectivity index (χ1v) is 20.0. The predicted molar refractivity (Wildman–Crippen MR) is 220 cm³/mol. The van der Waals surface area contributed by atoms with Crippen LogP contribution in [0.4, 0.5) is 9.59 Å². The summed E-state index contributed by atoms with van der Waals surface area (Å²) in [5, 5.41) is 7.58. The van der Waals surface area contributed by atoms with Crippen molar-refractivity contribution < 1.29 is 28.7 Å². The third kappa shape index (κ3) is 8.13. The van der Waals surface area contributed by atoms with E-state index in [-0.39, 0.29) is 35.7 Å². The summed E-state index contributed by atoms with van der Waals surface area (Å²) in [5.41, 5.74) is 5.79. The van der Waals surface area contributed by atoms with E-state index in [1.807, 2.05) is 62.0 Å². The largest absolute Gasteiger partial charge is 0.453 e. The molecule has 0 bridgehead atoms. The molecule has 58 heavy (non-hydrogen) atoms. The van der Waals surface area contributed by atoms with Crippen LogP contribution in [0.15, 0.2) is 73.1 Å². The molecule has 4 N–H and O–H groups in total. The van der Waals surface area contributed by atoms with Gasteiger partial charge in [-0.3, -0.25) is 9.59 Å². The van der Waals surface area contributed by atoms with Crippen LogP contribution in [0.1, 0.15) is 77.1 Å². The van der Waals surface area contributed by atoms with Crippen molar-refractivity contribution in [1.82, 2.24) is 40.4 Å². The molecular weight excluding hydrogens is 737 g/mol. The Labute approximate surface area is 338 Å². The van der Waals surface area contributed by atoms with Gasteiger partial charge in [-0.05, 0) is 71.6 Å². The standard InChI is InChI=1S/C44H52N8O6/c1-25(2)37(49-43(55)57-5)41(53)51-19-9-15-35(51)39-45-23-33(47-39)29-13-7-11-27(21-29)31-14-8-12-28-22-30(17-18-32(28)31)34-24-46-40(48-34)36-16-10-20-52(36)42(54)38(26(3)4)50-44(56)58-6/h7-8,11-14,17-18,21-26,35-38H,9-10,15-16,19-20H2,1-6H3,(H,45,47)(H,46,48)(H,49,55)(H,50,56)/t35-,36-,37-,38-/m0/s1. The molecule has 0 unspecified atom stereocenters. The molecule has 2 aliphatic rings. The number of methoxy groups -OCH3 is 2. The quantitative estimate of drug-likeness (QED) is 0.107. The van der Waals surface area contributed by atoms with E-state index in [0.717, 1.165) is 75.9 Å². The summed E-state index contributed by atoms with van der Waals surface area (Å²) in [6.07, 6.45) is 5.61. The highest BCUT2D eigenvalue weighted by molar-refractivity contribution is 5.99. The van der Waals surface area contributed by atoms with Crippen LogP contribution in [0.2, 0.25) is 0 Å². The van der Waals surface area contributed by atoms with Crippen molar-refractivity contribution in [3.8, 4) is 33.6 Å². The number of likely N-dealkylation sites (tertiary alicyclic amines) is 2. The van der Waals surface area contributed by atoms with Crippen molar-refractivity contribution in [1.29, 1.82) is 0 Å². The highest BCUT2D eigenvalue weighted by Gasteiger charge is 2.39. The Balaban J connectivity index is 1.09. The summed E-state index contributed by atoms with van der Waals surface area (Å²) in [5.74, 6) is 0.919. The SMILES string of the molecule is COC(=O)N[C@H](C(=O)N1CCC[C@H]1c1ncc(-c2cccc(-c3cccc4cc(-c5cnc([C@@H]6CCCN6C(=O)[C@@H](NC(=O)OC)C(C)C)[nH]5)ccc34)c2)[nH]1)C(C)C. The third-order valence-electron chi connectivity index (χ3n) is 11.4. The number of hydrogen-bond donors (Lipinski definition) is 4. The second-order valence-corrected chi connectivity index (χ2v) is 15.8. The number of nitrogens with one attached hydrogen (secondary N) is 4. The van der Waals surface area contributed by atoms with Crippen molar-refractivity contribution in [3.63, 3.8) is 0 Å². The van der Waals surface area contributed by atoms with Gasteiger partial charge in [0.25, 0.3) is 0 Å². The van der Waals surface area contributed by atoms with Crippen LogP contribution in [-0.2, 0) is 19.1 Å². The first-order chi connectivity index (χ1) is 28.0. The number of fused-ring (bicyclic) bond motifs is 1. The van der Waals surface area contributed by atoms with Crippen molar-refractivity contribution >= 4 is 34.8 Å². The number of benzene rings is 3. The average molecular weight is 789 g/mol. The Hall–Kier alpha value is -6.18. The van der Waals surface area contributed by atoms with Gasteiger partial charge < -0.3 is 39.9 Å². The lowest BCUT2D eigenvalue weighted by atomic mass is 9.95. The Morgan fingerprint density at radius 3 is 1.69 bits per heavy atom. The van der Waals surface area contributed by atoms with Crippen LogP contribution < -0.4 is 10.6 Å². The summed E-state index contributed by atoms with van der Waals surface area (Å²) in [6.45, 7) is 8.78. The van der Waals surface area contributed by atoms with E-state index < -0.39 is 24.3 Å². The number of carbonyl (C=O) groups excluding carboxylic acids is 4. The first-order valence-electron chi connectivity index (χ1n) is 20.0. The fraction of sp³-hybridized carbons (Fsp3) is 0.409. The lowest BCUT2D eigenvalue weighted by molar-refractivity contribution is -0.136. The number of aromatic amines is 2. The zero-order chi connectivity index (χ0) is 41.1. The summed E-state index contributed by atoms with van der Waals surface area (Å²) >= 11 is 0. The first kappa shape index (κ1) is 40.0. The van der Waals surface area contributed by atoms with Gasteiger partial charge in [0.1, 0.15) is 23.7 Å². The molecule has 4 heterocycles. The van der Waals surface area contributed by atoms with Gasteiger partial charge in [-0.1, -0.05) is 76.2 Å². The predicted octanol–water partition coefficient (Wildman–Crippen LogP) is 7.38. The number of rotatable bonds is 11. The Morgan fingerprint density at radius 2 is 1.17 bits per heavy atom. The molecule has 7 rings (SSSR count). The normalized spacial score (nSPS) is 17.8. The molecule has 0 radical (unpaired) electrons. The number of alkyl carbamates (subject to hydrolysis) is 2. The molecule has 304 valence electrons. The highest BCUT2D eigenvalue weighted by Crippen LogP contribution is 2.37. The summed E-state index contributed by atoms with van der Waals surface area (Å²) in [4.78, 5) is 71.4. The second-order valence-electron chi connectivity index (χ2n) is 15.8. The van der Waals surface area contributed by atoms with Crippen molar-refractivity contribution in [2.24, 2.45) is 11.8 Å². The van der Waals surface area contributed by atoms with E-state index in [1.165, 1.54) is 14.2 Å². The molecule has 14 nitrogen and oxygen atoms in total. The van der Waals surface area contributed by atoms with E-state index in [1.54, 1.807) is 0 Å². The van der Waals surface area contributed by atoms with Crippen LogP contribution in [0.3, 0.4) is 0 Å². The van der Waals surface area contributed by atoms with E-state index in [0.29, 0.717) is 18.9 Å². The maximum Gasteiger partial charge on any atom is 0.407 e. The number of hydrogen-bond acceptors (Lipinski definition) is 8. The van der Waals surface area contributed by atoms with Crippen LogP contribution in [-0.4, -0.2) is 93.1 Å². The van der Waals surface area contributed by atoms with Crippen LogP contribution in [0.25, 0.3) is 44.4 Å². The maximum absolute atomic E-state index is 13.7. The molecule has 2 saturated heterocycles. The number of carbonyl (C=O) groups is 4. The fourth-order valence-electron chi connectivity index (χ4n) is 8.25. The third-order valence-corrected chi connectivity index (χ3v) is 11.4. The van der Waals surface area contributed by atoms with Gasteiger partial charge in [0.2, 0.25) is 11.8 Å². The van der Waals surface area contributed by atoms with E-state index in [4.69, 9.17) is 19.4 Å². The van der Waals surface area contributed by atoms with Crippen molar-refractivity contribution in [2.45, 2.75) is 77.5 Å². The zero-order valence-electron chi connectivity index (χ0n) is 33.9. The summed E-state index contributed by atoms with van der Waals surface area (Å²) < 4.78 is 9.56. The minimum Gasteiger partial charge on any atom is -0.453 e. The molecule has 14 heteroatoms. The Kier molecular flexibility index (Phi) is 11.8. The van der Waals surface area contributed by atoms with Gasteiger partial charge in [0.15, 0.2) is 0 Å².